The number of carbonyl (C=O) groups is 2. The maximum Gasteiger partial charge on any atom is 0.234 e. The van der Waals surface area contributed by atoms with E-state index in [1.54, 1.807) is 4.90 Å². The second-order valence-electron chi connectivity index (χ2n) is 7.92. The van der Waals surface area contributed by atoms with Crippen LogP contribution in [0.4, 0.5) is 0 Å². The predicted octanol–water partition coefficient (Wildman–Crippen LogP) is -0.435. The zero-order valence-corrected chi connectivity index (χ0v) is 16.8. The summed E-state index contributed by atoms with van der Waals surface area (Å²) in [5.74, 6) is -0.0928. The molecule has 8 heteroatoms. The Morgan fingerprint density at radius 3 is 2.56 bits per heavy atom. The summed E-state index contributed by atoms with van der Waals surface area (Å²) in [6, 6.07) is -0.208. The van der Waals surface area contributed by atoms with Gasteiger partial charge in [0.25, 0.3) is 0 Å². The maximum atomic E-state index is 12.2. The van der Waals surface area contributed by atoms with Gasteiger partial charge in [0.1, 0.15) is 6.10 Å². The molecule has 0 saturated carbocycles. The van der Waals surface area contributed by atoms with Crippen molar-refractivity contribution >= 4 is 11.8 Å². The molecule has 2 fully saturated rings. The van der Waals surface area contributed by atoms with E-state index < -0.39 is 6.10 Å². The molecule has 0 aromatic heterocycles. The number of hydrogen-bond donors (Lipinski definition) is 3. The number of piperidine rings is 1. The van der Waals surface area contributed by atoms with Gasteiger partial charge in [-0.05, 0) is 52.9 Å². The van der Waals surface area contributed by atoms with Gasteiger partial charge in [-0.3, -0.25) is 9.59 Å². The molecule has 0 aromatic rings. The summed E-state index contributed by atoms with van der Waals surface area (Å²) in [5, 5.41) is 15.5. The lowest BCUT2D eigenvalue weighted by atomic mass is 9.97. The molecular formula is C19H36N4O4. The van der Waals surface area contributed by atoms with E-state index in [-0.39, 0.29) is 30.6 Å². The van der Waals surface area contributed by atoms with E-state index >= 15 is 0 Å². The van der Waals surface area contributed by atoms with Crippen molar-refractivity contribution in [3.8, 4) is 0 Å². The van der Waals surface area contributed by atoms with Crippen LogP contribution in [0, 0.1) is 0 Å². The highest BCUT2D eigenvalue weighted by Crippen LogP contribution is 2.22. The summed E-state index contributed by atoms with van der Waals surface area (Å²) in [6.07, 6.45) is 4.84. The molecule has 0 unspecified atom stereocenters. The summed E-state index contributed by atoms with van der Waals surface area (Å²) in [6.45, 7) is 3.95. The van der Waals surface area contributed by atoms with E-state index in [4.69, 9.17) is 4.74 Å². The van der Waals surface area contributed by atoms with Gasteiger partial charge in [-0.15, -0.1) is 0 Å². The van der Waals surface area contributed by atoms with E-state index in [1.165, 1.54) is 19.3 Å². The highest BCUT2D eigenvalue weighted by atomic mass is 16.5. The van der Waals surface area contributed by atoms with Gasteiger partial charge in [0.2, 0.25) is 11.8 Å². The van der Waals surface area contributed by atoms with Crippen LogP contribution < -0.4 is 10.6 Å². The van der Waals surface area contributed by atoms with Crippen LogP contribution in [-0.2, 0) is 14.3 Å². The van der Waals surface area contributed by atoms with Crippen LogP contribution in [0.5, 0.6) is 0 Å². The molecule has 3 N–H and O–H groups in total. The van der Waals surface area contributed by atoms with E-state index in [1.807, 2.05) is 14.1 Å². The van der Waals surface area contributed by atoms with Crippen molar-refractivity contribution in [3.05, 3.63) is 0 Å². The van der Waals surface area contributed by atoms with Gasteiger partial charge >= 0.3 is 0 Å². The first-order valence-electron chi connectivity index (χ1n) is 10.2. The second kappa shape index (κ2) is 11.6. The monoisotopic (exact) mass is 384 g/mol. The number of ether oxygens (including phenoxy) is 1. The average Bonchev–Trinajstić information content (AvgIpc) is 2.63. The Labute approximate surface area is 162 Å². The molecule has 0 spiro atoms. The van der Waals surface area contributed by atoms with Gasteiger partial charge < -0.3 is 30.3 Å². The lowest BCUT2D eigenvalue weighted by molar-refractivity contribution is -0.136. The van der Waals surface area contributed by atoms with Gasteiger partial charge in [-0.2, -0.15) is 0 Å². The summed E-state index contributed by atoms with van der Waals surface area (Å²) in [5.41, 5.74) is 0. The third-order valence-electron chi connectivity index (χ3n) is 5.21. The Kier molecular flexibility index (Phi) is 9.47. The number of likely N-dealkylation sites (tertiary alicyclic amines) is 1. The first kappa shape index (κ1) is 22.1. The maximum absolute atomic E-state index is 12.2. The zero-order valence-electron chi connectivity index (χ0n) is 16.8. The summed E-state index contributed by atoms with van der Waals surface area (Å²) in [7, 11) is 3.67. The topological polar surface area (TPSA) is 94.1 Å². The first-order valence-corrected chi connectivity index (χ1v) is 10.2. The normalized spacial score (nSPS) is 26.7. The molecule has 0 aliphatic carbocycles. The summed E-state index contributed by atoms with van der Waals surface area (Å²) >= 11 is 0. The number of carbonyl (C=O) groups excluding carboxylic acids is 2. The van der Waals surface area contributed by atoms with Crippen LogP contribution in [0.25, 0.3) is 0 Å². The van der Waals surface area contributed by atoms with Crippen molar-refractivity contribution in [2.24, 2.45) is 0 Å². The smallest absolute Gasteiger partial charge is 0.234 e. The van der Waals surface area contributed by atoms with Crippen LogP contribution in [0.2, 0.25) is 0 Å². The highest BCUT2D eigenvalue weighted by molar-refractivity contribution is 5.78. The molecule has 0 radical (unpaired) electrons. The number of aliphatic hydroxyl groups is 1. The number of nitrogens with one attached hydrogen (secondary N) is 2. The fourth-order valence-electron chi connectivity index (χ4n) is 3.80. The predicted molar refractivity (Wildman–Crippen MR) is 103 cm³/mol. The molecule has 2 saturated heterocycles. The van der Waals surface area contributed by atoms with Crippen molar-refractivity contribution in [2.45, 2.75) is 56.8 Å². The fraction of sp³-hybridized carbons (Fsp3) is 0.895. The van der Waals surface area contributed by atoms with Crippen LogP contribution in [0.15, 0.2) is 0 Å². The van der Waals surface area contributed by atoms with Gasteiger partial charge in [-0.1, -0.05) is 6.42 Å². The van der Waals surface area contributed by atoms with E-state index in [0.29, 0.717) is 32.4 Å². The van der Waals surface area contributed by atoms with Gasteiger partial charge in [0.05, 0.1) is 31.7 Å². The third-order valence-corrected chi connectivity index (χ3v) is 5.21. The minimum absolute atomic E-state index is 0.0104. The Balaban J connectivity index is 1.67. The van der Waals surface area contributed by atoms with Crippen LogP contribution >= 0.6 is 0 Å². The van der Waals surface area contributed by atoms with Crippen LogP contribution in [0.1, 0.15) is 38.5 Å². The molecule has 2 heterocycles. The molecule has 2 rings (SSSR count). The molecular weight excluding hydrogens is 348 g/mol. The molecule has 0 aromatic carbocycles. The number of nitrogens with zero attached hydrogens (tertiary/aromatic N) is 2. The molecule has 2 aliphatic rings. The van der Waals surface area contributed by atoms with Crippen molar-refractivity contribution < 1.29 is 19.4 Å². The van der Waals surface area contributed by atoms with E-state index in [9.17, 15) is 14.7 Å². The third kappa shape index (κ3) is 8.13. The quantitative estimate of drug-likeness (QED) is 0.499. The Morgan fingerprint density at radius 2 is 1.89 bits per heavy atom. The van der Waals surface area contributed by atoms with Gasteiger partial charge in [0.15, 0.2) is 0 Å². The van der Waals surface area contributed by atoms with Crippen LogP contribution in [-0.4, -0.2) is 98.4 Å². The van der Waals surface area contributed by atoms with Crippen molar-refractivity contribution in [2.75, 3.05) is 53.4 Å². The molecule has 2 amide bonds. The summed E-state index contributed by atoms with van der Waals surface area (Å²) in [4.78, 5) is 28.3. The van der Waals surface area contributed by atoms with Gasteiger partial charge in [0, 0.05) is 13.1 Å². The summed E-state index contributed by atoms with van der Waals surface area (Å²) < 4.78 is 5.87. The lowest BCUT2D eigenvalue weighted by Crippen LogP contribution is -2.53. The number of likely N-dealkylation sites (N-methyl/N-ethyl adjacent to an activating group) is 1. The molecule has 156 valence electrons. The van der Waals surface area contributed by atoms with Crippen molar-refractivity contribution in [1.29, 1.82) is 0 Å². The van der Waals surface area contributed by atoms with Crippen molar-refractivity contribution in [3.63, 3.8) is 0 Å². The van der Waals surface area contributed by atoms with E-state index in [2.05, 4.69) is 15.5 Å². The Hall–Kier alpha value is -1.22. The minimum Gasteiger partial charge on any atom is -0.394 e. The van der Waals surface area contributed by atoms with Gasteiger partial charge in [-0.25, -0.2) is 0 Å². The molecule has 27 heavy (non-hydrogen) atoms. The van der Waals surface area contributed by atoms with Crippen LogP contribution in [0.3, 0.4) is 0 Å². The number of amides is 2. The number of aliphatic hydroxyl groups excluding tert-OH is 1. The molecule has 8 nitrogen and oxygen atoms in total. The minimum atomic E-state index is -0.462. The largest absolute Gasteiger partial charge is 0.394 e. The first-order chi connectivity index (χ1) is 13.0. The van der Waals surface area contributed by atoms with E-state index in [0.717, 1.165) is 19.6 Å². The highest BCUT2D eigenvalue weighted by Gasteiger charge is 2.32. The number of rotatable bonds is 9. The van der Waals surface area contributed by atoms with Crippen molar-refractivity contribution in [1.82, 2.24) is 20.4 Å². The molecule has 0 bridgehead atoms. The molecule has 3 atom stereocenters. The second-order valence-corrected chi connectivity index (χ2v) is 7.92. The Bertz CT molecular complexity index is 469. The molecule has 2 aliphatic heterocycles. The Morgan fingerprint density at radius 1 is 1.15 bits per heavy atom. The number of hydrogen-bond acceptors (Lipinski definition) is 6. The zero-order chi connectivity index (χ0) is 19.6. The standard InChI is InChI=1S/C19H36N4O4/c1-22(2)13-19(26)21-16-7-6-15(27-17(16)14-24)12-18(25)20-8-11-23-9-4-3-5-10-23/h15-17,24H,3-14H2,1-2H3,(H,20,25)(H,21,26)/t15-,16-,17-/m1/s1. The average molecular weight is 385 g/mol. The lowest BCUT2D eigenvalue weighted by Gasteiger charge is -2.36. The SMILES string of the molecule is CN(C)CC(=O)N[C@@H]1CC[C@H](CC(=O)NCCN2CCCCC2)O[C@@H]1CO. The fourth-order valence-corrected chi connectivity index (χ4v) is 3.80.